The smallest absolute Gasteiger partial charge is 0.330 e. The molecule has 70 heavy (non-hydrogen) atoms. The summed E-state index contributed by atoms with van der Waals surface area (Å²) in [5, 5.41) is 0. The fourth-order valence-corrected chi connectivity index (χ4v) is 8.48. The highest BCUT2D eigenvalue weighted by molar-refractivity contribution is 5.81. The van der Waals surface area contributed by atoms with Crippen LogP contribution in [0.15, 0.2) is 86.0 Å². The number of esters is 4. The Hall–Kier alpha value is -4.76. The summed E-state index contributed by atoms with van der Waals surface area (Å²) in [7, 11) is 1.66. The minimum absolute atomic E-state index is 0.139. The van der Waals surface area contributed by atoms with Crippen molar-refractivity contribution in [3.05, 3.63) is 86.0 Å². The SMILES string of the molecule is C1CC2C3CCC(C3)C2C1.C=CC(=O)OCCCC(=O)OC(COCCCCOC)COc1ccccc1.C=CC(=O)OCCCC(=O)OC(COCCCCOCC)COc1ccccc1.CCC. The second kappa shape index (κ2) is 40.9. The van der Waals surface area contributed by atoms with Gasteiger partial charge in [0.05, 0.1) is 26.4 Å². The van der Waals surface area contributed by atoms with Gasteiger partial charge in [0.2, 0.25) is 0 Å². The molecule has 14 nitrogen and oxygen atoms in total. The van der Waals surface area contributed by atoms with Crippen molar-refractivity contribution in [2.45, 2.75) is 129 Å². The van der Waals surface area contributed by atoms with Gasteiger partial charge in [0.15, 0.2) is 12.2 Å². The maximum absolute atomic E-state index is 12.1. The summed E-state index contributed by atoms with van der Waals surface area (Å²) in [4.78, 5) is 46.1. The summed E-state index contributed by atoms with van der Waals surface area (Å²) in [6.45, 7) is 17.2. The van der Waals surface area contributed by atoms with Crippen LogP contribution in [0.4, 0.5) is 0 Å². The molecule has 2 bridgehead atoms. The summed E-state index contributed by atoms with van der Waals surface area (Å²) in [6.07, 6.45) is 16.5. The molecule has 3 aliphatic carbocycles. The first-order chi connectivity index (χ1) is 34.2. The summed E-state index contributed by atoms with van der Waals surface area (Å²) in [5.74, 6) is 4.39. The predicted molar refractivity (Wildman–Crippen MR) is 271 cm³/mol. The maximum Gasteiger partial charge on any atom is 0.330 e. The Balaban J connectivity index is 0.000000380. The molecule has 6 atom stereocenters. The molecule has 0 amide bonds. The first-order valence-corrected chi connectivity index (χ1v) is 25.7. The van der Waals surface area contributed by atoms with Gasteiger partial charge in [0, 0.05) is 65.1 Å². The average Bonchev–Trinajstić information content (AvgIpc) is 4.15. The van der Waals surface area contributed by atoms with Gasteiger partial charge in [-0.25, -0.2) is 9.59 Å². The zero-order valence-corrected chi connectivity index (χ0v) is 42.9. The number of ether oxygens (including phenoxy) is 10. The Morgan fingerprint density at radius 1 is 0.557 bits per heavy atom. The Morgan fingerprint density at radius 2 is 0.971 bits per heavy atom. The second-order valence-corrected chi connectivity index (χ2v) is 17.5. The molecule has 14 heteroatoms. The number of carbonyl (C=O) groups is 4. The van der Waals surface area contributed by atoms with Crippen LogP contribution in [-0.2, 0) is 57.1 Å². The monoisotopic (exact) mass is 983 g/mol. The van der Waals surface area contributed by atoms with Gasteiger partial charge in [-0.15, -0.1) is 0 Å². The Bertz CT molecular complexity index is 1640. The number of unbranched alkanes of at least 4 members (excludes halogenated alkanes) is 2. The van der Waals surface area contributed by atoms with Gasteiger partial charge in [0.25, 0.3) is 0 Å². The van der Waals surface area contributed by atoms with Crippen LogP contribution in [0.1, 0.15) is 117 Å². The lowest BCUT2D eigenvalue weighted by atomic mass is 9.82. The molecule has 3 saturated carbocycles. The van der Waals surface area contributed by atoms with E-state index in [0.29, 0.717) is 57.4 Å². The van der Waals surface area contributed by atoms with Crippen LogP contribution < -0.4 is 9.47 Å². The third kappa shape index (κ3) is 29.4. The summed E-state index contributed by atoms with van der Waals surface area (Å²) >= 11 is 0. The molecular weight excluding hydrogens is 897 g/mol. The standard InChI is InChI=1S/C22H32O7.C21H30O7.C10H16.C3H8/c1-3-21(23)27-16-10-13-22(24)29-20(17-26-15-9-8-14-25-4-2)18-28-19-11-6-5-7-12-19;1-3-20(22)26-15-9-12-21(23)28-19(16-25-14-8-7-13-24-2)17-27-18-10-5-4-6-11-18;1-2-9-7-4-5-8(6-7)10(9)3-1;1-3-2/h3,5-7,11-12,20H,1,4,8-10,13-18H2,2H3;3-6,10-11,19H,1,7-9,12-17H2,2H3;7-10H,1-6H2;3H2,1-2H3. The molecule has 3 fully saturated rings. The van der Waals surface area contributed by atoms with E-state index in [9.17, 15) is 19.2 Å². The van der Waals surface area contributed by atoms with Crippen molar-refractivity contribution in [2.24, 2.45) is 23.7 Å². The minimum Gasteiger partial charge on any atom is -0.490 e. The van der Waals surface area contributed by atoms with Gasteiger partial charge in [0.1, 0.15) is 24.7 Å². The lowest BCUT2D eigenvalue weighted by Crippen LogP contribution is -2.30. The zero-order chi connectivity index (χ0) is 50.9. The number of carbonyl (C=O) groups excluding carboxylic acids is 4. The molecular formula is C56H86O14. The Kier molecular flexibility index (Phi) is 35.9. The molecule has 0 aliphatic heterocycles. The van der Waals surface area contributed by atoms with E-state index >= 15 is 0 Å². The van der Waals surface area contributed by atoms with E-state index in [-0.39, 0.29) is 64.4 Å². The average molecular weight is 983 g/mol. The van der Waals surface area contributed by atoms with E-state index in [0.717, 1.165) is 37.8 Å². The first kappa shape index (κ1) is 61.4. The lowest BCUT2D eigenvalue weighted by molar-refractivity contribution is -0.155. The molecule has 3 aliphatic rings. The summed E-state index contributed by atoms with van der Waals surface area (Å²) in [5.41, 5.74) is 0. The van der Waals surface area contributed by atoms with Crippen LogP contribution in [0.25, 0.3) is 0 Å². The van der Waals surface area contributed by atoms with Gasteiger partial charge in [-0.05, 0) is 125 Å². The second-order valence-electron chi connectivity index (χ2n) is 17.5. The van der Waals surface area contributed by atoms with Crippen LogP contribution in [0.5, 0.6) is 11.5 Å². The fourth-order valence-electron chi connectivity index (χ4n) is 8.48. The number of rotatable bonds is 33. The molecule has 394 valence electrons. The molecule has 0 heterocycles. The zero-order valence-electron chi connectivity index (χ0n) is 42.9. The van der Waals surface area contributed by atoms with Crippen molar-refractivity contribution in [1.29, 1.82) is 0 Å². The van der Waals surface area contributed by atoms with Crippen LogP contribution in [0.2, 0.25) is 0 Å². The summed E-state index contributed by atoms with van der Waals surface area (Å²) in [6, 6.07) is 18.6. The Morgan fingerprint density at radius 3 is 1.37 bits per heavy atom. The van der Waals surface area contributed by atoms with E-state index in [1.165, 1.54) is 30.1 Å². The van der Waals surface area contributed by atoms with Gasteiger partial charge in [-0.1, -0.05) is 76.2 Å². The van der Waals surface area contributed by atoms with E-state index in [4.69, 9.17) is 47.4 Å². The molecule has 2 aromatic rings. The van der Waals surface area contributed by atoms with Crippen molar-refractivity contribution in [3.63, 3.8) is 0 Å². The molecule has 2 aromatic carbocycles. The van der Waals surface area contributed by atoms with Gasteiger partial charge in [-0.2, -0.15) is 0 Å². The Labute approximate surface area is 419 Å². The molecule has 0 spiro atoms. The van der Waals surface area contributed by atoms with Gasteiger partial charge in [-0.3, -0.25) is 9.59 Å². The lowest BCUT2D eigenvalue weighted by Gasteiger charge is -2.23. The van der Waals surface area contributed by atoms with Crippen LogP contribution in [-0.4, -0.2) is 116 Å². The van der Waals surface area contributed by atoms with Crippen LogP contribution in [0.3, 0.4) is 0 Å². The van der Waals surface area contributed by atoms with Crippen LogP contribution in [0, 0.1) is 23.7 Å². The molecule has 0 radical (unpaired) electrons. The van der Waals surface area contributed by atoms with E-state index < -0.39 is 24.1 Å². The molecule has 0 aromatic heterocycles. The highest BCUT2D eigenvalue weighted by Crippen LogP contribution is 2.58. The normalized spacial score (nSPS) is 17.8. The van der Waals surface area contributed by atoms with E-state index in [1.807, 2.05) is 67.6 Å². The fraction of sp³-hybridized carbons (Fsp3) is 0.643. The van der Waals surface area contributed by atoms with Gasteiger partial charge < -0.3 is 47.4 Å². The summed E-state index contributed by atoms with van der Waals surface area (Å²) < 4.78 is 53.5. The molecule has 5 rings (SSSR count). The number of benzene rings is 2. The van der Waals surface area contributed by atoms with Crippen molar-refractivity contribution in [3.8, 4) is 11.5 Å². The minimum atomic E-state index is -0.523. The van der Waals surface area contributed by atoms with Crippen molar-refractivity contribution in [2.75, 3.05) is 79.8 Å². The van der Waals surface area contributed by atoms with E-state index in [1.54, 1.807) is 45.6 Å². The van der Waals surface area contributed by atoms with Crippen molar-refractivity contribution < 1.29 is 66.5 Å². The topological polar surface area (TPSA) is 161 Å². The molecule has 0 N–H and O–H groups in total. The first-order valence-electron chi connectivity index (χ1n) is 25.7. The largest absolute Gasteiger partial charge is 0.490 e. The third-order valence-corrected chi connectivity index (χ3v) is 11.7. The predicted octanol–water partition coefficient (Wildman–Crippen LogP) is 10.5. The number of para-hydroxylation sites is 2. The van der Waals surface area contributed by atoms with Crippen molar-refractivity contribution >= 4 is 23.9 Å². The highest BCUT2D eigenvalue weighted by Gasteiger charge is 2.48. The third-order valence-electron chi connectivity index (χ3n) is 11.7. The maximum atomic E-state index is 12.1. The number of methoxy groups -OCH3 is 1. The van der Waals surface area contributed by atoms with Gasteiger partial charge >= 0.3 is 23.9 Å². The quantitative estimate of drug-likeness (QED) is 0.0288. The number of fused-ring (bicyclic) bond motifs is 5. The highest BCUT2D eigenvalue weighted by atomic mass is 16.6. The molecule has 6 unspecified atom stereocenters. The van der Waals surface area contributed by atoms with Crippen molar-refractivity contribution in [1.82, 2.24) is 0 Å². The number of hydrogen-bond donors (Lipinski definition) is 0. The van der Waals surface area contributed by atoms with Crippen LogP contribution >= 0.6 is 0 Å². The number of hydrogen-bond acceptors (Lipinski definition) is 14. The molecule has 0 saturated heterocycles. The van der Waals surface area contributed by atoms with E-state index in [2.05, 4.69) is 27.0 Å².